The van der Waals surface area contributed by atoms with Crippen LogP contribution in [0.5, 0.6) is 5.88 Å². The van der Waals surface area contributed by atoms with Crippen LogP contribution >= 0.6 is 0 Å². The van der Waals surface area contributed by atoms with Gasteiger partial charge in [0.2, 0.25) is 5.65 Å². The van der Waals surface area contributed by atoms with E-state index in [9.17, 15) is 4.79 Å². The molecule has 0 aromatic carbocycles. The number of aromatic nitrogens is 3. The maximum absolute atomic E-state index is 12.5. The molecule has 1 fully saturated rings. The molecule has 7 heteroatoms. The lowest BCUT2D eigenvalue weighted by Gasteiger charge is -2.38. The van der Waals surface area contributed by atoms with E-state index in [0.29, 0.717) is 18.1 Å². The molecule has 0 bridgehead atoms. The fourth-order valence-corrected chi connectivity index (χ4v) is 3.00. The van der Waals surface area contributed by atoms with Gasteiger partial charge in [0.1, 0.15) is 11.7 Å². The van der Waals surface area contributed by atoms with Crippen molar-refractivity contribution in [2.45, 2.75) is 65.2 Å². The molecular formula is C18H26N4O3. The third-order valence-electron chi connectivity index (χ3n) is 4.21. The molecular weight excluding hydrogens is 320 g/mol. The lowest BCUT2D eigenvalue weighted by Crippen LogP contribution is -2.50. The summed E-state index contributed by atoms with van der Waals surface area (Å²) in [5.41, 5.74) is 1.10. The first-order chi connectivity index (χ1) is 11.7. The third kappa shape index (κ3) is 4.03. The number of fused-ring (bicyclic) bond motifs is 1. The molecule has 3 rings (SSSR count). The van der Waals surface area contributed by atoms with Crippen molar-refractivity contribution in [3.05, 3.63) is 24.3 Å². The minimum absolute atomic E-state index is 0.126. The summed E-state index contributed by atoms with van der Waals surface area (Å²) < 4.78 is 13.5. The average Bonchev–Trinajstić information content (AvgIpc) is 2.88. The standard InChI is InChI=1S/C18H26N4O3/c1-12-10-21-9-8-19-16(15(21)20-12)24-14-7-6-13(2)22(11-14)17(23)25-18(3,4)5/h8-10,13-14H,6-7,11H2,1-5H3/t13-,14-/m1/s1. The number of aryl methyl sites for hydroxylation is 1. The fraction of sp³-hybridized carbons (Fsp3) is 0.611. The normalized spacial score (nSPS) is 21.4. The molecule has 3 heterocycles. The smallest absolute Gasteiger partial charge is 0.410 e. The van der Waals surface area contributed by atoms with E-state index in [1.807, 2.05) is 51.4 Å². The van der Waals surface area contributed by atoms with Crippen LogP contribution in [-0.4, -0.2) is 49.7 Å². The minimum atomic E-state index is -0.509. The van der Waals surface area contributed by atoms with Gasteiger partial charge in [-0.05, 0) is 47.5 Å². The van der Waals surface area contributed by atoms with Crippen LogP contribution in [0.3, 0.4) is 0 Å². The summed E-state index contributed by atoms with van der Waals surface area (Å²) in [6.45, 7) is 10.1. The molecule has 7 nitrogen and oxygen atoms in total. The van der Waals surface area contributed by atoms with Crippen LogP contribution in [0.2, 0.25) is 0 Å². The first-order valence-electron chi connectivity index (χ1n) is 8.69. The maximum atomic E-state index is 12.5. The second-order valence-electron chi connectivity index (χ2n) is 7.64. The topological polar surface area (TPSA) is 69.0 Å². The van der Waals surface area contributed by atoms with Crippen LogP contribution in [0.1, 0.15) is 46.2 Å². The van der Waals surface area contributed by atoms with Crippen molar-refractivity contribution in [1.82, 2.24) is 19.3 Å². The SMILES string of the molecule is Cc1cn2ccnc(O[C@@H]3CC[C@@H](C)N(C(=O)OC(C)(C)C)C3)c2n1. The van der Waals surface area contributed by atoms with E-state index in [-0.39, 0.29) is 18.2 Å². The average molecular weight is 346 g/mol. The second-order valence-corrected chi connectivity index (χ2v) is 7.64. The van der Waals surface area contributed by atoms with Gasteiger partial charge in [-0.3, -0.25) is 0 Å². The van der Waals surface area contributed by atoms with Crippen LogP contribution in [0.4, 0.5) is 4.79 Å². The Balaban J connectivity index is 1.73. The fourth-order valence-electron chi connectivity index (χ4n) is 3.00. The van der Waals surface area contributed by atoms with Crippen molar-refractivity contribution in [3.63, 3.8) is 0 Å². The van der Waals surface area contributed by atoms with Crippen molar-refractivity contribution in [2.24, 2.45) is 0 Å². The first-order valence-corrected chi connectivity index (χ1v) is 8.69. The second kappa shape index (κ2) is 6.54. The van der Waals surface area contributed by atoms with Gasteiger partial charge in [-0.25, -0.2) is 14.8 Å². The Morgan fingerprint density at radius 3 is 2.80 bits per heavy atom. The van der Waals surface area contributed by atoms with E-state index in [1.165, 1.54) is 0 Å². The molecule has 136 valence electrons. The largest absolute Gasteiger partial charge is 0.470 e. The van der Waals surface area contributed by atoms with E-state index in [2.05, 4.69) is 9.97 Å². The van der Waals surface area contributed by atoms with Crippen LogP contribution < -0.4 is 4.74 Å². The van der Waals surface area contributed by atoms with Crippen LogP contribution in [0.15, 0.2) is 18.6 Å². The first kappa shape index (κ1) is 17.5. The number of carbonyl (C=O) groups excluding carboxylic acids is 1. The summed E-state index contributed by atoms with van der Waals surface area (Å²) in [6.07, 6.45) is 6.78. The van der Waals surface area contributed by atoms with Gasteiger partial charge < -0.3 is 18.8 Å². The van der Waals surface area contributed by atoms with Gasteiger partial charge in [0, 0.05) is 24.6 Å². The van der Waals surface area contributed by atoms with Crippen LogP contribution in [0.25, 0.3) is 5.65 Å². The summed E-state index contributed by atoms with van der Waals surface area (Å²) in [6, 6.07) is 0.132. The summed E-state index contributed by atoms with van der Waals surface area (Å²) >= 11 is 0. The zero-order chi connectivity index (χ0) is 18.2. The van der Waals surface area contributed by atoms with Crippen LogP contribution in [-0.2, 0) is 4.74 Å². The van der Waals surface area contributed by atoms with Gasteiger partial charge in [0.05, 0.1) is 12.2 Å². The highest BCUT2D eigenvalue weighted by atomic mass is 16.6. The Bertz CT molecular complexity index is 765. The van der Waals surface area contributed by atoms with Crippen molar-refractivity contribution in [3.8, 4) is 5.88 Å². The highest BCUT2D eigenvalue weighted by Crippen LogP contribution is 2.25. The lowest BCUT2D eigenvalue weighted by molar-refractivity contribution is -0.00581. The zero-order valence-electron chi connectivity index (χ0n) is 15.5. The van der Waals surface area contributed by atoms with Gasteiger partial charge >= 0.3 is 6.09 Å². The van der Waals surface area contributed by atoms with Gasteiger partial charge in [-0.1, -0.05) is 0 Å². The van der Waals surface area contributed by atoms with Crippen molar-refractivity contribution in [1.29, 1.82) is 0 Å². The Hall–Kier alpha value is -2.31. The molecule has 0 unspecified atom stereocenters. The predicted molar refractivity (Wildman–Crippen MR) is 93.8 cm³/mol. The highest BCUT2D eigenvalue weighted by Gasteiger charge is 2.33. The number of likely N-dealkylation sites (tertiary alicyclic amines) is 1. The molecule has 1 aliphatic heterocycles. The monoisotopic (exact) mass is 346 g/mol. The number of hydrogen-bond acceptors (Lipinski definition) is 5. The van der Waals surface area contributed by atoms with E-state index in [0.717, 1.165) is 18.5 Å². The molecule has 1 amide bonds. The molecule has 2 aromatic rings. The Labute approximate surface area is 148 Å². The zero-order valence-corrected chi connectivity index (χ0v) is 15.5. The highest BCUT2D eigenvalue weighted by molar-refractivity contribution is 5.68. The summed E-state index contributed by atoms with van der Waals surface area (Å²) in [5, 5.41) is 0. The number of amides is 1. The Morgan fingerprint density at radius 1 is 1.32 bits per heavy atom. The summed E-state index contributed by atoms with van der Waals surface area (Å²) in [7, 11) is 0. The predicted octanol–water partition coefficient (Wildman–Crippen LogP) is 3.20. The van der Waals surface area contributed by atoms with Crippen molar-refractivity contribution >= 4 is 11.7 Å². The molecule has 0 spiro atoms. The van der Waals surface area contributed by atoms with Crippen molar-refractivity contribution < 1.29 is 14.3 Å². The maximum Gasteiger partial charge on any atom is 0.410 e. The third-order valence-corrected chi connectivity index (χ3v) is 4.21. The summed E-state index contributed by atoms with van der Waals surface area (Å²) in [5.74, 6) is 0.499. The van der Waals surface area contributed by atoms with Crippen molar-refractivity contribution in [2.75, 3.05) is 6.54 Å². The number of hydrogen-bond donors (Lipinski definition) is 0. The van der Waals surface area contributed by atoms with E-state index < -0.39 is 5.60 Å². The Morgan fingerprint density at radius 2 is 2.08 bits per heavy atom. The molecule has 2 atom stereocenters. The number of imidazole rings is 1. The molecule has 2 aromatic heterocycles. The number of nitrogens with zero attached hydrogens (tertiary/aromatic N) is 4. The lowest BCUT2D eigenvalue weighted by atomic mass is 10.0. The summed E-state index contributed by atoms with van der Waals surface area (Å²) in [4.78, 5) is 23.0. The number of piperidine rings is 1. The van der Waals surface area contributed by atoms with Gasteiger partial charge in [0.25, 0.3) is 5.88 Å². The van der Waals surface area contributed by atoms with Gasteiger partial charge in [0.15, 0.2) is 0 Å². The van der Waals surface area contributed by atoms with E-state index in [1.54, 1.807) is 11.1 Å². The van der Waals surface area contributed by atoms with E-state index in [4.69, 9.17) is 9.47 Å². The molecule has 25 heavy (non-hydrogen) atoms. The van der Waals surface area contributed by atoms with Crippen LogP contribution in [0, 0.1) is 6.92 Å². The number of ether oxygens (including phenoxy) is 2. The molecule has 0 saturated carbocycles. The molecule has 1 aliphatic rings. The van der Waals surface area contributed by atoms with Gasteiger partial charge in [-0.15, -0.1) is 0 Å². The molecule has 1 saturated heterocycles. The minimum Gasteiger partial charge on any atom is -0.470 e. The number of carbonyl (C=O) groups is 1. The quantitative estimate of drug-likeness (QED) is 0.835. The van der Waals surface area contributed by atoms with E-state index >= 15 is 0 Å². The molecule has 0 radical (unpaired) electrons. The molecule has 0 N–H and O–H groups in total. The Kier molecular flexibility index (Phi) is 4.58. The number of rotatable bonds is 2. The molecule has 0 aliphatic carbocycles. The van der Waals surface area contributed by atoms with Gasteiger partial charge in [-0.2, -0.15) is 0 Å².